The highest BCUT2D eigenvalue weighted by Gasteiger charge is 2.46. The van der Waals surface area contributed by atoms with Crippen LogP contribution in [-0.2, 0) is 14.9 Å². The summed E-state index contributed by atoms with van der Waals surface area (Å²) in [6.45, 7) is 2.28. The molecule has 1 unspecified atom stereocenters. The number of carbonyl (C=O) groups is 1. The highest BCUT2D eigenvalue weighted by molar-refractivity contribution is 8.00. The maximum Gasteiger partial charge on any atom is 0.320 e. The molecule has 3 aromatic rings. The van der Waals surface area contributed by atoms with E-state index >= 15 is 0 Å². The van der Waals surface area contributed by atoms with Crippen LogP contribution in [0.3, 0.4) is 0 Å². The second kappa shape index (κ2) is 10.3. The van der Waals surface area contributed by atoms with Crippen molar-refractivity contribution in [3.63, 3.8) is 0 Å². The summed E-state index contributed by atoms with van der Waals surface area (Å²) in [5.41, 5.74) is 1.29. The van der Waals surface area contributed by atoms with Crippen molar-refractivity contribution in [1.29, 1.82) is 0 Å². The van der Waals surface area contributed by atoms with Crippen LogP contribution in [0.25, 0.3) is 0 Å². The average Bonchev–Trinajstić information content (AvgIpc) is 3.37. The molecule has 34 heavy (non-hydrogen) atoms. The van der Waals surface area contributed by atoms with Gasteiger partial charge < -0.3 is 23.7 Å². The van der Waals surface area contributed by atoms with E-state index in [1.165, 1.54) is 18.9 Å². The van der Waals surface area contributed by atoms with Crippen molar-refractivity contribution < 1.29 is 28.5 Å². The minimum Gasteiger partial charge on any atom is -0.497 e. The summed E-state index contributed by atoms with van der Waals surface area (Å²) in [5.74, 6) is 2.56. The molecule has 6 nitrogen and oxygen atoms in total. The summed E-state index contributed by atoms with van der Waals surface area (Å²) in [6.07, 6.45) is 0.656. The molecule has 178 valence electrons. The van der Waals surface area contributed by atoms with E-state index in [9.17, 15) is 4.79 Å². The molecule has 1 heterocycles. The van der Waals surface area contributed by atoms with Crippen molar-refractivity contribution in [2.24, 2.45) is 0 Å². The number of hydrogen-bond acceptors (Lipinski definition) is 7. The molecule has 0 aromatic heterocycles. The number of methoxy groups -OCH3 is 3. The molecule has 1 atom stereocenters. The molecule has 0 saturated carbocycles. The highest BCUT2D eigenvalue weighted by Crippen LogP contribution is 2.48. The van der Waals surface area contributed by atoms with Crippen LogP contribution in [0.1, 0.15) is 24.5 Å². The topological polar surface area (TPSA) is 63.2 Å². The van der Waals surface area contributed by atoms with Gasteiger partial charge in [0.05, 0.1) is 21.3 Å². The largest absolute Gasteiger partial charge is 0.497 e. The van der Waals surface area contributed by atoms with E-state index in [2.05, 4.69) is 6.92 Å². The number of ether oxygens (including phenoxy) is 5. The zero-order chi connectivity index (χ0) is 24.1. The van der Waals surface area contributed by atoms with Crippen LogP contribution < -0.4 is 18.9 Å². The summed E-state index contributed by atoms with van der Waals surface area (Å²) in [4.78, 5) is 14.3. The van der Waals surface area contributed by atoms with Crippen molar-refractivity contribution in [3.8, 4) is 23.0 Å². The number of thioether (sulfide) groups is 1. The lowest BCUT2D eigenvalue weighted by Crippen LogP contribution is -2.44. The first-order valence-corrected chi connectivity index (χ1v) is 11.9. The fourth-order valence-electron chi connectivity index (χ4n) is 4.38. The Kier molecular flexibility index (Phi) is 7.22. The van der Waals surface area contributed by atoms with E-state index in [0.717, 1.165) is 27.5 Å². The third kappa shape index (κ3) is 4.40. The predicted molar refractivity (Wildman–Crippen MR) is 131 cm³/mol. The summed E-state index contributed by atoms with van der Waals surface area (Å²) in [6, 6.07) is 21.5. The van der Waals surface area contributed by atoms with Gasteiger partial charge in [-0.05, 0) is 60.0 Å². The van der Waals surface area contributed by atoms with Gasteiger partial charge in [0, 0.05) is 10.3 Å². The van der Waals surface area contributed by atoms with Gasteiger partial charge in [-0.15, -0.1) is 11.8 Å². The molecular weight excluding hydrogens is 452 g/mol. The molecule has 0 spiro atoms. The molecule has 0 aliphatic carbocycles. The van der Waals surface area contributed by atoms with Gasteiger partial charge in [0.25, 0.3) is 0 Å². The van der Waals surface area contributed by atoms with Gasteiger partial charge in [-0.2, -0.15) is 0 Å². The molecular formula is C27H28O6S. The number of benzene rings is 3. The molecule has 0 N–H and O–H groups in total. The Morgan fingerprint density at radius 1 is 0.882 bits per heavy atom. The number of hydrogen-bond donors (Lipinski definition) is 0. The number of rotatable bonds is 9. The van der Waals surface area contributed by atoms with Crippen LogP contribution in [0.4, 0.5) is 0 Å². The summed E-state index contributed by atoms with van der Waals surface area (Å²) in [7, 11) is 4.70. The van der Waals surface area contributed by atoms with Gasteiger partial charge in [0.2, 0.25) is 6.79 Å². The molecule has 0 radical (unpaired) electrons. The second-order valence-corrected chi connectivity index (χ2v) is 9.00. The van der Waals surface area contributed by atoms with Crippen LogP contribution in [0.15, 0.2) is 71.6 Å². The maximum absolute atomic E-state index is 13.4. The quantitative estimate of drug-likeness (QED) is 0.298. The first-order valence-electron chi connectivity index (χ1n) is 11.0. The van der Waals surface area contributed by atoms with E-state index in [0.29, 0.717) is 17.9 Å². The molecule has 1 aliphatic rings. The van der Waals surface area contributed by atoms with E-state index in [1.54, 1.807) is 14.2 Å². The summed E-state index contributed by atoms with van der Waals surface area (Å²) >= 11 is 1.46. The minimum absolute atomic E-state index is 0.195. The average molecular weight is 481 g/mol. The Morgan fingerprint density at radius 3 is 1.94 bits per heavy atom. The first-order chi connectivity index (χ1) is 16.5. The molecule has 0 saturated heterocycles. The maximum atomic E-state index is 13.4. The van der Waals surface area contributed by atoms with Gasteiger partial charge in [0.1, 0.15) is 16.7 Å². The third-order valence-electron chi connectivity index (χ3n) is 6.23. The van der Waals surface area contributed by atoms with Crippen molar-refractivity contribution in [1.82, 2.24) is 0 Å². The van der Waals surface area contributed by atoms with Crippen LogP contribution in [0, 0.1) is 0 Å². The van der Waals surface area contributed by atoms with Crippen LogP contribution in [-0.4, -0.2) is 39.3 Å². The highest BCUT2D eigenvalue weighted by atomic mass is 32.2. The fourth-order valence-corrected chi connectivity index (χ4v) is 5.81. The molecule has 0 fully saturated rings. The normalized spacial score (nSPS) is 13.3. The van der Waals surface area contributed by atoms with E-state index < -0.39 is 10.7 Å². The molecule has 0 bridgehead atoms. The molecule has 4 rings (SSSR count). The Morgan fingerprint density at radius 2 is 1.44 bits per heavy atom. The first kappa shape index (κ1) is 23.8. The molecule has 1 aliphatic heterocycles. The zero-order valence-corrected chi connectivity index (χ0v) is 20.5. The number of esters is 1. The van der Waals surface area contributed by atoms with Crippen LogP contribution in [0.5, 0.6) is 23.0 Å². The number of fused-ring (bicyclic) bond motifs is 1. The number of carbonyl (C=O) groups excluding carboxylic acids is 1. The van der Waals surface area contributed by atoms with E-state index in [1.807, 2.05) is 66.7 Å². The predicted octanol–water partition coefficient (Wildman–Crippen LogP) is 5.46. The molecule has 0 amide bonds. The van der Waals surface area contributed by atoms with Crippen molar-refractivity contribution in [3.05, 3.63) is 77.9 Å². The second-order valence-electron chi connectivity index (χ2n) is 7.82. The van der Waals surface area contributed by atoms with E-state index in [4.69, 9.17) is 23.7 Å². The fraction of sp³-hybridized carbons (Fsp3) is 0.296. The SMILES string of the molecule is CCC(c1ccc(OC)cc1)(c1ccc(OC)cc1)C(Sc1ccc2c(c1)OCO2)C(=O)OC. The lowest BCUT2D eigenvalue weighted by molar-refractivity contribution is -0.141. The van der Waals surface area contributed by atoms with Crippen molar-refractivity contribution in [2.45, 2.75) is 28.9 Å². The molecule has 7 heteroatoms. The van der Waals surface area contributed by atoms with Crippen molar-refractivity contribution in [2.75, 3.05) is 28.1 Å². The van der Waals surface area contributed by atoms with Gasteiger partial charge in [-0.1, -0.05) is 31.2 Å². The van der Waals surface area contributed by atoms with E-state index in [-0.39, 0.29) is 12.8 Å². The standard InChI is InChI=1S/C27H28O6S/c1-5-27(18-6-10-20(29-2)11-7-18,19-8-12-21(30-3)13-9-19)25(26(28)31-4)34-22-14-15-23-24(16-22)33-17-32-23/h6-16,25H,5,17H2,1-4H3. The molecule has 3 aromatic carbocycles. The monoisotopic (exact) mass is 480 g/mol. The van der Waals surface area contributed by atoms with Gasteiger partial charge in [-0.3, -0.25) is 4.79 Å². The lowest BCUT2D eigenvalue weighted by Gasteiger charge is -2.39. The Labute approximate surface area is 204 Å². The minimum atomic E-state index is -0.688. The third-order valence-corrected chi connectivity index (χ3v) is 7.59. The summed E-state index contributed by atoms with van der Waals surface area (Å²) < 4.78 is 27.1. The zero-order valence-electron chi connectivity index (χ0n) is 19.7. The summed E-state index contributed by atoms with van der Waals surface area (Å²) in [5, 5.41) is -0.579. The van der Waals surface area contributed by atoms with Gasteiger partial charge in [0.15, 0.2) is 11.5 Å². The van der Waals surface area contributed by atoms with Crippen LogP contribution >= 0.6 is 11.8 Å². The van der Waals surface area contributed by atoms with Crippen LogP contribution in [0.2, 0.25) is 0 Å². The Hall–Kier alpha value is -3.32. The smallest absolute Gasteiger partial charge is 0.320 e. The van der Waals surface area contributed by atoms with Gasteiger partial charge in [-0.25, -0.2) is 0 Å². The van der Waals surface area contributed by atoms with Gasteiger partial charge >= 0.3 is 5.97 Å². The Bertz CT molecular complexity index is 1080. The lowest BCUT2D eigenvalue weighted by atomic mass is 9.69. The Balaban J connectivity index is 1.86. The van der Waals surface area contributed by atoms with Crippen molar-refractivity contribution >= 4 is 17.7 Å².